The lowest BCUT2D eigenvalue weighted by Crippen LogP contribution is -2.11. The first-order valence-corrected chi connectivity index (χ1v) is 6.05. The number of fused-ring (bicyclic) bond motifs is 1. The molecule has 0 spiro atoms. The molecule has 0 aliphatic carbocycles. The Kier molecular flexibility index (Phi) is 2.93. The number of aliphatic hydroxyl groups is 1. The van der Waals surface area contributed by atoms with Gasteiger partial charge in [-0.3, -0.25) is 0 Å². The van der Waals surface area contributed by atoms with Crippen molar-refractivity contribution in [3.05, 3.63) is 65.2 Å². The predicted octanol–water partition coefficient (Wildman–Crippen LogP) is 2.46. The maximum atomic E-state index is 11.7. The first kappa shape index (κ1) is 11.7. The number of cyclic esters (lactones) is 1. The zero-order valence-electron chi connectivity index (χ0n) is 10.2. The van der Waals surface area contributed by atoms with E-state index in [2.05, 4.69) is 5.32 Å². The van der Waals surface area contributed by atoms with Gasteiger partial charge in [0.05, 0.1) is 12.2 Å². The van der Waals surface area contributed by atoms with Crippen molar-refractivity contribution in [2.75, 3.05) is 5.32 Å². The van der Waals surface area contributed by atoms with Crippen LogP contribution in [0.3, 0.4) is 0 Å². The molecule has 0 radical (unpaired) electrons. The Morgan fingerprint density at radius 1 is 1.11 bits per heavy atom. The highest BCUT2D eigenvalue weighted by Gasteiger charge is 2.30. The van der Waals surface area contributed by atoms with Crippen molar-refractivity contribution in [1.82, 2.24) is 0 Å². The van der Waals surface area contributed by atoms with Crippen molar-refractivity contribution in [2.45, 2.75) is 12.8 Å². The van der Waals surface area contributed by atoms with E-state index in [0.29, 0.717) is 5.56 Å². The van der Waals surface area contributed by atoms with E-state index < -0.39 is 6.23 Å². The number of aliphatic hydroxyl groups excluding tert-OH is 1. The number of carbonyl (C=O) groups is 1. The SMILES string of the molecule is O=C1O[C@H](Nc2ccccc2CO)c2ccccc21. The van der Waals surface area contributed by atoms with E-state index in [9.17, 15) is 9.90 Å². The van der Waals surface area contributed by atoms with Crippen LogP contribution in [0.5, 0.6) is 0 Å². The molecule has 1 aliphatic rings. The fraction of sp³-hybridized carbons (Fsp3) is 0.133. The minimum atomic E-state index is -0.503. The van der Waals surface area contributed by atoms with Crippen molar-refractivity contribution in [3.8, 4) is 0 Å². The summed E-state index contributed by atoms with van der Waals surface area (Å²) in [5.41, 5.74) is 2.93. The van der Waals surface area contributed by atoms with Gasteiger partial charge in [-0.25, -0.2) is 4.79 Å². The van der Waals surface area contributed by atoms with Crippen LogP contribution in [-0.4, -0.2) is 11.1 Å². The molecule has 0 saturated heterocycles. The molecule has 1 heterocycles. The monoisotopic (exact) mass is 255 g/mol. The lowest BCUT2D eigenvalue weighted by Gasteiger charge is -2.16. The van der Waals surface area contributed by atoms with Crippen LogP contribution in [0, 0.1) is 0 Å². The van der Waals surface area contributed by atoms with Crippen molar-refractivity contribution in [1.29, 1.82) is 0 Å². The van der Waals surface area contributed by atoms with Gasteiger partial charge in [0, 0.05) is 16.8 Å². The lowest BCUT2D eigenvalue weighted by atomic mass is 10.1. The Bertz CT molecular complexity index is 624. The first-order valence-electron chi connectivity index (χ1n) is 6.05. The van der Waals surface area contributed by atoms with Gasteiger partial charge in [-0.1, -0.05) is 36.4 Å². The zero-order chi connectivity index (χ0) is 13.2. The molecule has 0 saturated carbocycles. The number of hydrogen-bond donors (Lipinski definition) is 2. The summed E-state index contributed by atoms with van der Waals surface area (Å²) in [6.07, 6.45) is -0.503. The number of anilines is 1. The largest absolute Gasteiger partial charge is 0.434 e. The Balaban J connectivity index is 1.91. The van der Waals surface area contributed by atoms with E-state index in [4.69, 9.17) is 4.74 Å². The highest BCUT2D eigenvalue weighted by atomic mass is 16.6. The zero-order valence-corrected chi connectivity index (χ0v) is 10.2. The van der Waals surface area contributed by atoms with Crippen LogP contribution in [0.1, 0.15) is 27.7 Å². The van der Waals surface area contributed by atoms with Crippen LogP contribution < -0.4 is 5.32 Å². The number of para-hydroxylation sites is 1. The summed E-state index contributed by atoms with van der Waals surface area (Å²) in [5, 5.41) is 12.4. The Morgan fingerprint density at radius 3 is 2.68 bits per heavy atom. The molecule has 2 aromatic carbocycles. The maximum absolute atomic E-state index is 11.7. The smallest absolute Gasteiger partial charge is 0.340 e. The molecule has 1 aliphatic heterocycles. The molecule has 1 atom stereocenters. The minimum absolute atomic E-state index is 0.0640. The third-order valence-corrected chi connectivity index (χ3v) is 3.16. The summed E-state index contributed by atoms with van der Waals surface area (Å²) >= 11 is 0. The molecular weight excluding hydrogens is 242 g/mol. The summed E-state index contributed by atoms with van der Waals surface area (Å²) in [7, 11) is 0. The Morgan fingerprint density at radius 2 is 1.84 bits per heavy atom. The fourth-order valence-corrected chi connectivity index (χ4v) is 2.19. The second-order valence-electron chi connectivity index (χ2n) is 4.33. The Labute approximate surface area is 110 Å². The van der Waals surface area contributed by atoms with E-state index in [1.54, 1.807) is 6.07 Å². The summed E-state index contributed by atoms with van der Waals surface area (Å²) < 4.78 is 5.30. The quantitative estimate of drug-likeness (QED) is 0.827. The summed E-state index contributed by atoms with van der Waals surface area (Å²) in [5.74, 6) is -0.324. The van der Waals surface area contributed by atoms with Crippen molar-refractivity contribution in [3.63, 3.8) is 0 Å². The van der Waals surface area contributed by atoms with Crippen molar-refractivity contribution in [2.24, 2.45) is 0 Å². The van der Waals surface area contributed by atoms with Crippen molar-refractivity contribution < 1.29 is 14.6 Å². The highest BCUT2D eigenvalue weighted by molar-refractivity contribution is 5.94. The molecule has 0 fully saturated rings. The fourth-order valence-electron chi connectivity index (χ4n) is 2.19. The van der Waals surface area contributed by atoms with Gasteiger partial charge in [0.15, 0.2) is 0 Å². The number of carbonyl (C=O) groups excluding carboxylic acids is 1. The highest BCUT2D eigenvalue weighted by Crippen LogP contribution is 2.32. The Hall–Kier alpha value is -2.33. The summed E-state index contributed by atoms with van der Waals surface area (Å²) in [4.78, 5) is 11.7. The van der Waals surface area contributed by atoms with Gasteiger partial charge in [0.25, 0.3) is 0 Å². The van der Waals surface area contributed by atoms with Crippen LogP contribution in [0.2, 0.25) is 0 Å². The van der Waals surface area contributed by atoms with Crippen LogP contribution in [-0.2, 0) is 11.3 Å². The molecule has 3 rings (SSSR count). The molecule has 0 amide bonds. The molecule has 2 N–H and O–H groups in total. The van der Waals surface area contributed by atoms with Gasteiger partial charge >= 0.3 is 5.97 Å². The van der Waals surface area contributed by atoms with E-state index in [1.165, 1.54) is 0 Å². The second kappa shape index (κ2) is 4.74. The molecular formula is C15H13NO3. The van der Waals surface area contributed by atoms with Crippen LogP contribution >= 0.6 is 0 Å². The molecule has 96 valence electrons. The molecule has 2 aromatic rings. The number of hydrogen-bond acceptors (Lipinski definition) is 4. The number of benzene rings is 2. The van der Waals surface area contributed by atoms with Crippen LogP contribution in [0.15, 0.2) is 48.5 Å². The third kappa shape index (κ3) is 2.06. The second-order valence-corrected chi connectivity index (χ2v) is 4.33. The van der Waals surface area contributed by atoms with E-state index >= 15 is 0 Å². The van der Waals surface area contributed by atoms with Crippen molar-refractivity contribution >= 4 is 11.7 Å². The normalized spacial score (nSPS) is 16.9. The average molecular weight is 255 g/mol. The average Bonchev–Trinajstić information content (AvgIpc) is 2.77. The lowest BCUT2D eigenvalue weighted by molar-refractivity contribution is 0.0437. The summed E-state index contributed by atoms with van der Waals surface area (Å²) in [6, 6.07) is 14.7. The predicted molar refractivity (Wildman–Crippen MR) is 70.6 cm³/mol. The molecule has 4 heteroatoms. The number of rotatable bonds is 3. The van der Waals surface area contributed by atoms with Crippen LogP contribution in [0.4, 0.5) is 5.69 Å². The first-order chi connectivity index (χ1) is 9.29. The van der Waals surface area contributed by atoms with Gasteiger partial charge < -0.3 is 15.2 Å². The number of ether oxygens (including phenoxy) is 1. The maximum Gasteiger partial charge on any atom is 0.340 e. The van der Waals surface area contributed by atoms with E-state index in [1.807, 2.05) is 42.5 Å². The molecule has 0 aromatic heterocycles. The minimum Gasteiger partial charge on any atom is -0.434 e. The van der Waals surface area contributed by atoms with Gasteiger partial charge in [-0.15, -0.1) is 0 Å². The van der Waals surface area contributed by atoms with Gasteiger partial charge in [0.2, 0.25) is 6.23 Å². The molecule has 19 heavy (non-hydrogen) atoms. The van der Waals surface area contributed by atoms with Gasteiger partial charge in [0.1, 0.15) is 0 Å². The standard InChI is InChI=1S/C15H13NO3/c17-9-10-5-1-4-8-13(10)16-14-11-6-2-3-7-12(11)15(18)19-14/h1-8,14,16-17H,9H2/t14-/m0/s1. The number of nitrogens with one attached hydrogen (secondary N) is 1. The van der Waals surface area contributed by atoms with Gasteiger partial charge in [-0.05, 0) is 12.1 Å². The number of esters is 1. The topological polar surface area (TPSA) is 58.6 Å². The van der Waals surface area contributed by atoms with E-state index in [0.717, 1.165) is 16.8 Å². The van der Waals surface area contributed by atoms with Gasteiger partial charge in [-0.2, -0.15) is 0 Å². The van der Waals surface area contributed by atoms with E-state index in [-0.39, 0.29) is 12.6 Å². The molecule has 0 unspecified atom stereocenters. The molecule has 0 bridgehead atoms. The molecule has 4 nitrogen and oxygen atoms in total. The third-order valence-electron chi connectivity index (χ3n) is 3.16. The summed E-state index contributed by atoms with van der Waals surface area (Å²) in [6.45, 7) is -0.0640. The van der Waals surface area contributed by atoms with Crippen LogP contribution in [0.25, 0.3) is 0 Å².